The van der Waals surface area contributed by atoms with E-state index in [2.05, 4.69) is 0 Å². The van der Waals surface area contributed by atoms with E-state index in [1.807, 2.05) is 0 Å². The summed E-state index contributed by atoms with van der Waals surface area (Å²) in [4.78, 5) is 0. The van der Waals surface area contributed by atoms with Crippen LogP contribution in [0, 0.1) is 0 Å². The first-order valence-electron chi connectivity index (χ1n) is 0. The van der Waals surface area contributed by atoms with Crippen molar-refractivity contribution in [3.63, 3.8) is 0 Å². The van der Waals surface area contributed by atoms with Crippen LogP contribution in [0.2, 0.25) is 0 Å². The summed E-state index contributed by atoms with van der Waals surface area (Å²) in [5.74, 6) is 0. The molecule has 0 aromatic carbocycles. The van der Waals surface area contributed by atoms with Crippen molar-refractivity contribution in [1.29, 1.82) is 0 Å². The Balaban J connectivity index is 0. The van der Waals surface area contributed by atoms with E-state index in [-0.39, 0.29) is 49.6 Å². The van der Waals surface area contributed by atoms with E-state index >= 15 is 0 Å². The Bertz CT molecular complexity index is 4.14. The second-order valence-electron chi connectivity index (χ2n) is 0. The maximum atomic E-state index is 0. The smallest absolute Gasteiger partial charge is 0.412 e. The van der Waals surface area contributed by atoms with Crippen molar-refractivity contribution in [2.24, 2.45) is 0 Å². The summed E-state index contributed by atoms with van der Waals surface area (Å²) >= 11 is 0. The van der Waals surface area contributed by atoms with E-state index < -0.39 is 0 Å². The van der Waals surface area contributed by atoms with Gasteiger partial charge in [0.25, 0.3) is 0 Å². The molecule has 0 bridgehead atoms. The molecule has 0 fully saturated rings. The van der Waals surface area contributed by atoms with Crippen LogP contribution in [-0.2, 0) is 16.8 Å². The molecule has 0 atom stereocenters. The molecule has 0 spiro atoms. The fourth-order valence-corrected chi connectivity index (χ4v) is 0. The molecule has 7 heteroatoms. The van der Waals surface area contributed by atoms with Gasteiger partial charge in [-0.25, -0.2) is 0 Å². The standard InChI is InChI=1S/Co.6H2O/h;6*1H2/q+3;;;;;;. The van der Waals surface area contributed by atoms with Crippen molar-refractivity contribution in [2.75, 3.05) is 0 Å². The molecule has 54 valence electrons. The van der Waals surface area contributed by atoms with E-state index in [4.69, 9.17) is 0 Å². The Hall–Kier alpha value is 0.266. The maximum Gasteiger partial charge on any atom is 3.00 e. The summed E-state index contributed by atoms with van der Waals surface area (Å²) in [5, 5.41) is 0. The van der Waals surface area contributed by atoms with Crippen LogP contribution in [0.5, 0.6) is 0 Å². The average Bonchev–Trinajstić information content (AvgIpc) is 0. The van der Waals surface area contributed by atoms with E-state index in [1.165, 1.54) is 0 Å². The Morgan fingerprint density at radius 3 is 0.286 bits per heavy atom. The average molecular weight is 167 g/mol. The van der Waals surface area contributed by atoms with E-state index in [9.17, 15) is 0 Å². The first-order valence-corrected chi connectivity index (χ1v) is 0. The van der Waals surface area contributed by atoms with Crippen LogP contribution in [0.1, 0.15) is 0 Å². The molecular weight excluding hydrogens is 155 g/mol. The molecule has 12 N–H and O–H groups in total. The van der Waals surface area contributed by atoms with Crippen LogP contribution in [0.4, 0.5) is 0 Å². The van der Waals surface area contributed by atoms with Gasteiger partial charge < -0.3 is 32.9 Å². The topological polar surface area (TPSA) is 189 Å². The molecular formula is H12CoO6+3. The van der Waals surface area contributed by atoms with Crippen LogP contribution < -0.4 is 0 Å². The van der Waals surface area contributed by atoms with Crippen molar-refractivity contribution < 1.29 is 49.6 Å². The largest absolute Gasteiger partial charge is 3.00 e. The summed E-state index contributed by atoms with van der Waals surface area (Å²) in [6.07, 6.45) is 0. The first kappa shape index (κ1) is 4020. The molecule has 0 saturated carbocycles. The Kier molecular flexibility index (Phi) is 1400000. The monoisotopic (exact) mass is 167 g/mol. The zero-order valence-corrected chi connectivity index (χ0v) is 4.37. The summed E-state index contributed by atoms with van der Waals surface area (Å²) in [6, 6.07) is 0. The normalized spacial score (nSPS) is 0. The van der Waals surface area contributed by atoms with E-state index in [1.54, 1.807) is 0 Å². The Labute approximate surface area is 50.6 Å². The number of hydrogen-bond donors (Lipinski definition) is 0. The summed E-state index contributed by atoms with van der Waals surface area (Å²) in [5.41, 5.74) is 0. The second kappa shape index (κ2) is 2450. The fraction of sp³-hybridized carbons (Fsp3) is 0. The van der Waals surface area contributed by atoms with Gasteiger partial charge in [-0.05, 0) is 0 Å². The molecule has 0 radical (unpaired) electrons. The molecule has 6 nitrogen and oxygen atoms in total. The quantitative estimate of drug-likeness (QED) is 0.334. The maximum absolute atomic E-state index is 0. The second-order valence-corrected chi connectivity index (χ2v) is 0. The predicted molar refractivity (Wildman–Crippen MR) is 21.7 cm³/mol. The zero-order chi connectivity index (χ0) is 0. The van der Waals surface area contributed by atoms with Gasteiger partial charge in [0, 0.05) is 0 Å². The van der Waals surface area contributed by atoms with Crippen LogP contribution in [0.25, 0.3) is 0 Å². The molecule has 0 rings (SSSR count). The van der Waals surface area contributed by atoms with Gasteiger partial charge in [0.15, 0.2) is 0 Å². The molecule has 0 unspecified atom stereocenters. The third-order valence-corrected chi connectivity index (χ3v) is 0. The third-order valence-electron chi connectivity index (χ3n) is 0. The van der Waals surface area contributed by atoms with Gasteiger partial charge in [-0.3, -0.25) is 0 Å². The van der Waals surface area contributed by atoms with Crippen LogP contribution in [0.3, 0.4) is 0 Å². The minimum absolute atomic E-state index is 0. The molecule has 0 aliphatic rings. The molecule has 0 heterocycles. The SMILES string of the molecule is O.O.O.O.O.O.[Co+3]. The molecule has 0 aliphatic heterocycles. The molecule has 0 amide bonds. The van der Waals surface area contributed by atoms with Crippen LogP contribution >= 0.6 is 0 Å². The van der Waals surface area contributed by atoms with Gasteiger partial charge in [-0.15, -0.1) is 0 Å². The predicted octanol–water partition coefficient (Wildman–Crippen LogP) is -4.95. The Morgan fingerprint density at radius 2 is 0.286 bits per heavy atom. The van der Waals surface area contributed by atoms with E-state index in [0.29, 0.717) is 0 Å². The van der Waals surface area contributed by atoms with Crippen molar-refractivity contribution in [3.8, 4) is 0 Å². The molecule has 0 saturated heterocycles. The summed E-state index contributed by atoms with van der Waals surface area (Å²) < 4.78 is 0. The van der Waals surface area contributed by atoms with Crippen molar-refractivity contribution >= 4 is 0 Å². The van der Waals surface area contributed by atoms with Crippen LogP contribution in [-0.4, -0.2) is 32.9 Å². The molecule has 0 aromatic heterocycles. The number of rotatable bonds is 0. The fourth-order valence-electron chi connectivity index (χ4n) is 0. The molecule has 0 aromatic rings. The Morgan fingerprint density at radius 1 is 0.286 bits per heavy atom. The van der Waals surface area contributed by atoms with E-state index in [0.717, 1.165) is 0 Å². The van der Waals surface area contributed by atoms with Gasteiger partial charge in [0.1, 0.15) is 0 Å². The van der Waals surface area contributed by atoms with Gasteiger partial charge in [-0.1, -0.05) is 0 Å². The van der Waals surface area contributed by atoms with Crippen LogP contribution in [0.15, 0.2) is 0 Å². The minimum atomic E-state index is 0. The van der Waals surface area contributed by atoms with Gasteiger partial charge in [-0.2, -0.15) is 0 Å². The van der Waals surface area contributed by atoms with Gasteiger partial charge in [0.05, 0.1) is 0 Å². The molecule has 0 aliphatic carbocycles. The zero-order valence-electron chi connectivity index (χ0n) is 3.33. The summed E-state index contributed by atoms with van der Waals surface area (Å²) in [7, 11) is 0. The van der Waals surface area contributed by atoms with Gasteiger partial charge in [0.2, 0.25) is 0 Å². The number of hydrogen-bond acceptors (Lipinski definition) is 0. The van der Waals surface area contributed by atoms with Gasteiger partial charge >= 0.3 is 16.8 Å². The molecule has 7 heavy (non-hydrogen) atoms. The minimum Gasteiger partial charge on any atom is -0.412 e. The van der Waals surface area contributed by atoms with Crippen molar-refractivity contribution in [2.45, 2.75) is 0 Å². The first-order chi connectivity index (χ1) is 0. The van der Waals surface area contributed by atoms with Crippen molar-refractivity contribution in [1.82, 2.24) is 0 Å². The summed E-state index contributed by atoms with van der Waals surface area (Å²) in [6.45, 7) is 0. The van der Waals surface area contributed by atoms with Crippen molar-refractivity contribution in [3.05, 3.63) is 0 Å². The third kappa shape index (κ3) is 1610.